The van der Waals surface area contributed by atoms with Gasteiger partial charge in [-0.3, -0.25) is 0 Å². The van der Waals surface area contributed by atoms with E-state index in [-0.39, 0.29) is 12.1 Å². The number of amides is 2. The molecule has 22 heavy (non-hydrogen) atoms. The van der Waals surface area contributed by atoms with E-state index in [1.54, 1.807) is 12.1 Å². The maximum Gasteiger partial charge on any atom is 0.314 e. The van der Waals surface area contributed by atoms with E-state index in [2.05, 4.69) is 10.6 Å². The number of hydrogen-bond acceptors (Lipinski definition) is 3. The van der Waals surface area contributed by atoms with Crippen molar-refractivity contribution in [2.75, 3.05) is 19.7 Å². The minimum Gasteiger partial charge on any atom is -0.492 e. The van der Waals surface area contributed by atoms with Crippen molar-refractivity contribution in [3.63, 3.8) is 0 Å². The lowest BCUT2D eigenvalue weighted by Gasteiger charge is -2.25. The Labute approximate surface area is 136 Å². The van der Waals surface area contributed by atoms with Gasteiger partial charge in [0, 0.05) is 11.6 Å². The molecule has 0 bridgehead atoms. The molecule has 0 heterocycles. The van der Waals surface area contributed by atoms with E-state index in [4.69, 9.17) is 16.3 Å². The molecule has 1 aliphatic rings. The predicted molar refractivity (Wildman–Crippen MR) is 86.3 cm³/mol. The van der Waals surface area contributed by atoms with Crippen LogP contribution < -0.4 is 15.4 Å². The second-order valence-corrected chi connectivity index (χ2v) is 6.07. The molecule has 1 fully saturated rings. The highest BCUT2D eigenvalue weighted by atomic mass is 35.5. The molecule has 1 aromatic carbocycles. The first kappa shape index (κ1) is 16.9. The van der Waals surface area contributed by atoms with Crippen LogP contribution in [0.5, 0.6) is 5.75 Å². The molecule has 122 valence electrons. The van der Waals surface area contributed by atoms with Crippen LogP contribution in [0.15, 0.2) is 24.3 Å². The SMILES string of the molecule is O=C(NCCOc1cccc(Cl)c1)NCC1CCCC(O)C1. The lowest BCUT2D eigenvalue weighted by Crippen LogP contribution is -2.41. The Hall–Kier alpha value is -1.46. The van der Waals surface area contributed by atoms with E-state index < -0.39 is 0 Å². The smallest absolute Gasteiger partial charge is 0.314 e. The maximum atomic E-state index is 11.7. The van der Waals surface area contributed by atoms with Crippen LogP contribution in [-0.2, 0) is 0 Å². The number of nitrogens with one attached hydrogen (secondary N) is 2. The maximum absolute atomic E-state index is 11.7. The minimum absolute atomic E-state index is 0.199. The van der Waals surface area contributed by atoms with E-state index in [1.165, 1.54) is 0 Å². The van der Waals surface area contributed by atoms with Crippen molar-refractivity contribution in [2.24, 2.45) is 5.92 Å². The Balaban J connectivity index is 1.56. The summed E-state index contributed by atoms with van der Waals surface area (Å²) in [5.74, 6) is 1.06. The first-order chi connectivity index (χ1) is 10.6. The standard InChI is InChI=1S/C16H23ClN2O3/c17-13-4-2-6-15(10-13)22-8-7-18-16(21)19-11-12-3-1-5-14(20)9-12/h2,4,6,10,12,14,20H,1,3,5,7-9,11H2,(H2,18,19,21). The van der Waals surface area contributed by atoms with Crippen LogP contribution >= 0.6 is 11.6 Å². The molecule has 2 amide bonds. The van der Waals surface area contributed by atoms with Gasteiger partial charge in [-0.05, 0) is 43.4 Å². The largest absolute Gasteiger partial charge is 0.492 e. The fourth-order valence-electron chi connectivity index (χ4n) is 2.64. The summed E-state index contributed by atoms with van der Waals surface area (Å²) in [6, 6.07) is 6.95. The zero-order chi connectivity index (χ0) is 15.8. The molecule has 0 aliphatic heterocycles. The number of urea groups is 1. The molecule has 3 N–H and O–H groups in total. The van der Waals surface area contributed by atoms with E-state index >= 15 is 0 Å². The Morgan fingerprint density at radius 2 is 2.23 bits per heavy atom. The number of halogens is 1. The summed E-state index contributed by atoms with van der Waals surface area (Å²) in [5, 5.41) is 15.8. The highest BCUT2D eigenvalue weighted by molar-refractivity contribution is 6.30. The summed E-state index contributed by atoms with van der Waals surface area (Å²) in [6.07, 6.45) is 3.54. The molecule has 0 radical (unpaired) electrons. The first-order valence-electron chi connectivity index (χ1n) is 7.71. The van der Waals surface area contributed by atoms with Gasteiger partial charge in [0.25, 0.3) is 0 Å². The summed E-state index contributed by atoms with van der Waals surface area (Å²) in [4.78, 5) is 11.7. The lowest BCUT2D eigenvalue weighted by molar-refractivity contribution is 0.101. The van der Waals surface area contributed by atoms with Gasteiger partial charge in [-0.2, -0.15) is 0 Å². The van der Waals surface area contributed by atoms with E-state index in [1.807, 2.05) is 12.1 Å². The molecule has 0 spiro atoms. The second kappa shape index (κ2) is 8.86. The molecule has 0 saturated heterocycles. The van der Waals surface area contributed by atoms with Gasteiger partial charge >= 0.3 is 6.03 Å². The predicted octanol–water partition coefficient (Wildman–Crippen LogP) is 2.57. The molecule has 2 atom stereocenters. The van der Waals surface area contributed by atoms with Gasteiger partial charge in [0.15, 0.2) is 0 Å². The number of benzene rings is 1. The monoisotopic (exact) mass is 326 g/mol. The third kappa shape index (κ3) is 6.12. The van der Waals surface area contributed by atoms with Gasteiger partial charge in [0.2, 0.25) is 0 Å². The van der Waals surface area contributed by atoms with Gasteiger partial charge in [-0.25, -0.2) is 4.79 Å². The van der Waals surface area contributed by atoms with Crippen molar-refractivity contribution in [3.8, 4) is 5.75 Å². The molecule has 2 unspecified atom stereocenters. The van der Waals surface area contributed by atoms with Crippen LogP contribution in [0.3, 0.4) is 0 Å². The molecule has 6 heteroatoms. The summed E-state index contributed by atoms with van der Waals surface area (Å²) >= 11 is 5.86. The fraction of sp³-hybridized carbons (Fsp3) is 0.562. The van der Waals surface area contributed by atoms with Crippen molar-refractivity contribution in [2.45, 2.75) is 31.8 Å². The first-order valence-corrected chi connectivity index (χ1v) is 8.09. The number of ether oxygens (including phenoxy) is 1. The van der Waals surface area contributed by atoms with Gasteiger partial charge in [0.05, 0.1) is 12.6 Å². The highest BCUT2D eigenvalue weighted by Crippen LogP contribution is 2.23. The molecule has 5 nitrogen and oxygen atoms in total. The Morgan fingerprint density at radius 3 is 3.00 bits per heavy atom. The number of carbonyl (C=O) groups excluding carboxylic acids is 1. The third-order valence-electron chi connectivity index (χ3n) is 3.76. The van der Waals surface area contributed by atoms with Crippen molar-refractivity contribution < 1.29 is 14.6 Å². The molecule has 1 aromatic rings. The second-order valence-electron chi connectivity index (χ2n) is 5.63. The van der Waals surface area contributed by atoms with E-state index in [9.17, 15) is 9.90 Å². The van der Waals surface area contributed by atoms with Crippen LogP contribution in [0.1, 0.15) is 25.7 Å². The number of hydrogen-bond donors (Lipinski definition) is 3. The molecular weight excluding hydrogens is 304 g/mol. The summed E-state index contributed by atoms with van der Waals surface area (Å²) in [6.45, 7) is 1.42. The zero-order valence-electron chi connectivity index (χ0n) is 12.6. The third-order valence-corrected chi connectivity index (χ3v) is 3.99. The van der Waals surface area contributed by atoms with Gasteiger partial charge in [-0.1, -0.05) is 24.1 Å². The molecule has 2 rings (SSSR count). The van der Waals surface area contributed by atoms with Crippen molar-refractivity contribution in [1.82, 2.24) is 10.6 Å². The minimum atomic E-state index is -0.213. The molecule has 1 saturated carbocycles. The Morgan fingerprint density at radius 1 is 1.36 bits per heavy atom. The van der Waals surface area contributed by atoms with Crippen molar-refractivity contribution in [3.05, 3.63) is 29.3 Å². The number of aliphatic hydroxyl groups is 1. The van der Waals surface area contributed by atoms with Crippen LogP contribution in [0.4, 0.5) is 4.79 Å². The summed E-state index contributed by atoms with van der Waals surface area (Å²) in [5.41, 5.74) is 0. The lowest BCUT2D eigenvalue weighted by atomic mass is 9.87. The average Bonchev–Trinajstić information content (AvgIpc) is 2.50. The summed E-state index contributed by atoms with van der Waals surface area (Å²) in [7, 11) is 0. The van der Waals surface area contributed by atoms with Crippen molar-refractivity contribution in [1.29, 1.82) is 0 Å². The normalized spacial score (nSPS) is 21.2. The van der Waals surface area contributed by atoms with Crippen LogP contribution in [-0.4, -0.2) is 36.9 Å². The van der Waals surface area contributed by atoms with Crippen molar-refractivity contribution >= 4 is 17.6 Å². The molecule has 0 aromatic heterocycles. The van der Waals surface area contributed by atoms with E-state index in [0.29, 0.717) is 36.4 Å². The Kier molecular flexibility index (Phi) is 6.80. The highest BCUT2D eigenvalue weighted by Gasteiger charge is 2.20. The van der Waals surface area contributed by atoms with Gasteiger partial charge in [0.1, 0.15) is 12.4 Å². The fourth-order valence-corrected chi connectivity index (χ4v) is 2.82. The van der Waals surface area contributed by atoms with Crippen LogP contribution in [0, 0.1) is 5.92 Å². The number of carbonyl (C=O) groups is 1. The summed E-state index contributed by atoms with van der Waals surface area (Å²) < 4.78 is 5.49. The van der Waals surface area contributed by atoms with Crippen LogP contribution in [0.2, 0.25) is 5.02 Å². The van der Waals surface area contributed by atoms with Crippen LogP contribution in [0.25, 0.3) is 0 Å². The Bertz CT molecular complexity index is 484. The quantitative estimate of drug-likeness (QED) is 0.704. The number of aliphatic hydroxyl groups excluding tert-OH is 1. The number of rotatable bonds is 6. The molecular formula is C16H23ClN2O3. The van der Waals surface area contributed by atoms with Gasteiger partial charge < -0.3 is 20.5 Å². The van der Waals surface area contributed by atoms with Gasteiger partial charge in [-0.15, -0.1) is 0 Å². The topological polar surface area (TPSA) is 70.6 Å². The van der Waals surface area contributed by atoms with E-state index in [0.717, 1.165) is 25.7 Å². The molecule has 1 aliphatic carbocycles. The zero-order valence-corrected chi connectivity index (χ0v) is 13.3. The average molecular weight is 327 g/mol.